The van der Waals surface area contributed by atoms with Gasteiger partial charge in [0.15, 0.2) is 0 Å². The summed E-state index contributed by atoms with van der Waals surface area (Å²) in [5, 5.41) is 3.27. The van der Waals surface area contributed by atoms with E-state index in [1.54, 1.807) is 0 Å². The first-order chi connectivity index (χ1) is 9.15. The summed E-state index contributed by atoms with van der Waals surface area (Å²) < 4.78 is 5.59. The first kappa shape index (κ1) is 20.9. The van der Waals surface area contributed by atoms with Crippen molar-refractivity contribution >= 4 is 30.7 Å². The molecule has 2 heterocycles. The van der Waals surface area contributed by atoms with Gasteiger partial charge in [-0.1, -0.05) is 13.8 Å². The number of hydrogen-bond acceptors (Lipinski definition) is 4. The number of nitrogens with zero attached hydrogens (tertiary/aromatic N) is 2. The highest BCUT2D eigenvalue weighted by Gasteiger charge is 2.24. The third-order valence-corrected chi connectivity index (χ3v) is 3.76. The number of amides is 1. The molecule has 1 unspecified atom stereocenters. The molecule has 0 spiro atoms. The molecule has 0 aromatic carbocycles. The Labute approximate surface area is 140 Å². The second kappa shape index (κ2) is 10.6. The minimum absolute atomic E-state index is 0. The molecule has 2 aliphatic heterocycles. The zero-order valence-corrected chi connectivity index (χ0v) is 14.7. The van der Waals surface area contributed by atoms with Crippen LogP contribution in [0.25, 0.3) is 0 Å². The topological polar surface area (TPSA) is 44.8 Å². The molecule has 0 aromatic rings. The third kappa shape index (κ3) is 7.15. The van der Waals surface area contributed by atoms with Crippen LogP contribution in [0.1, 0.15) is 20.3 Å². The fraction of sp³-hybridized carbons (Fsp3) is 0.929. The van der Waals surface area contributed by atoms with Crippen molar-refractivity contribution in [3.63, 3.8) is 0 Å². The van der Waals surface area contributed by atoms with E-state index in [0.717, 1.165) is 52.4 Å². The lowest BCUT2D eigenvalue weighted by molar-refractivity contribution is -0.136. The van der Waals surface area contributed by atoms with Gasteiger partial charge in [-0.3, -0.25) is 9.69 Å². The van der Waals surface area contributed by atoms with E-state index in [0.29, 0.717) is 12.3 Å². The number of carbonyl (C=O) groups excluding carboxylic acids is 1. The summed E-state index contributed by atoms with van der Waals surface area (Å²) in [5.41, 5.74) is 0. The van der Waals surface area contributed by atoms with Gasteiger partial charge in [-0.15, -0.1) is 24.8 Å². The maximum absolute atomic E-state index is 12.2. The van der Waals surface area contributed by atoms with Crippen LogP contribution in [0.5, 0.6) is 0 Å². The Morgan fingerprint density at radius 1 is 1.24 bits per heavy atom. The van der Waals surface area contributed by atoms with E-state index in [-0.39, 0.29) is 36.8 Å². The number of ether oxygens (including phenoxy) is 1. The number of piperazine rings is 1. The Morgan fingerprint density at radius 3 is 2.43 bits per heavy atom. The van der Waals surface area contributed by atoms with Crippen molar-refractivity contribution < 1.29 is 9.53 Å². The fourth-order valence-corrected chi connectivity index (χ4v) is 2.77. The number of carbonyl (C=O) groups is 1. The summed E-state index contributed by atoms with van der Waals surface area (Å²) in [5.74, 6) is 0.946. The van der Waals surface area contributed by atoms with Crippen LogP contribution >= 0.6 is 24.8 Å². The average molecular weight is 342 g/mol. The Morgan fingerprint density at radius 2 is 1.90 bits per heavy atom. The van der Waals surface area contributed by atoms with Crippen molar-refractivity contribution in [2.75, 3.05) is 52.4 Å². The molecule has 126 valence electrons. The molecular formula is C14H29Cl2N3O2. The van der Waals surface area contributed by atoms with E-state index in [4.69, 9.17) is 4.74 Å². The predicted molar refractivity (Wildman–Crippen MR) is 89.6 cm³/mol. The van der Waals surface area contributed by atoms with E-state index < -0.39 is 0 Å². The molecule has 21 heavy (non-hydrogen) atoms. The second-order valence-electron chi connectivity index (χ2n) is 5.98. The molecule has 0 saturated carbocycles. The van der Waals surface area contributed by atoms with Crippen LogP contribution in [-0.2, 0) is 9.53 Å². The van der Waals surface area contributed by atoms with Crippen molar-refractivity contribution in [1.29, 1.82) is 0 Å². The number of hydrogen-bond donors (Lipinski definition) is 1. The van der Waals surface area contributed by atoms with Gasteiger partial charge in [0.2, 0.25) is 5.91 Å². The normalized spacial score (nSPS) is 23.4. The lowest BCUT2D eigenvalue weighted by atomic mass is 10.1. The van der Waals surface area contributed by atoms with Crippen LogP contribution in [0, 0.1) is 5.92 Å². The molecule has 0 aliphatic carbocycles. The van der Waals surface area contributed by atoms with Gasteiger partial charge in [0, 0.05) is 45.8 Å². The van der Waals surface area contributed by atoms with Crippen molar-refractivity contribution in [3.05, 3.63) is 0 Å². The number of morpholine rings is 1. The Bertz CT molecular complexity index is 292. The molecule has 1 atom stereocenters. The number of nitrogens with one attached hydrogen (secondary N) is 1. The highest BCUT2D eigenvalue weighted by molar-refractivity contribution is 5.85. The van der Waals surface area contributed by atoms with Gasteiger partial charge in [0.05, 0.1) is 19.1 Å². The van der Waals surface area contributed by atoms with Crippen molar-refractivity contribution in [2.45, 2.75) is 26.4 Å². The molecule has 0 aromatic heterocycles. The summed E-state index contributed by atoms with van der Waals surface area (Å²) in [6.45, 7) is 11.8. The average Bonchev–Trinajstić information content (AvgIpc) is 2.40. The van der Waals surface area contributed by atoms with E-state index in [2.05, 4.69) is 24.1 Å². The van der Waals surface area contributed by atoms with Gasteiger partial charge in [-0.25, -0.2) is 0 Å². The Hall–Kier alpha value is -0.0700. The smallest absolute Gasteiger partial charge is 0.225 e. The predicted octanol–water partition coefficient (Wildman–Crippen LogP) is 1.01. The van der Waals surface area contributed by atoms with E-state index >= 15 is 0 Å². The van der Waals surface area contributed by atoms with Crippen LogP contribution in [-0.4, -0.2) is 74.2 Å². The van der Waals surface area contributed by atoms with Gasteiger partial charge >= 0.3 is 0 Å². The minimum atomic E-state index is 0. The van der Waals surface area contributed by atoms with Crippen LogP contribution < -0.4 is 5.32 Å². The maximum Gasteiger partial charge on any atom is 0.225 e. The van der Waals surface area contributed by atoms with Crippen molar-refractivity contribution in [3.8, 4) is 0 Å². The zero-order valence-electron chi connectivity index (χ0n) is 13.0. The van der Waals surface area contributed by atoms with Gasteiger partial charge in [0.25, 0.3) is 0 Å². The summed E-state index contributed by atoms with van der Waals surface area (Å²) >= 11 is 0. The Balaban J connectivity index is 0.00000200. The highest BCUT2D eigenvalue weighted by Crippen LogP contribution is 2.09. The first-order valence-electron chi connectivity index (χ1n) is 7.47. The van der Waals surface area contributed by atoms with Crippen LogP contribution in [0.15, 0.2) is 0 Å². The van der Waals surface area contributed by atoms with Gasteiger partial charge in [-0.2, -0.15) is 0 Å². The van der Waals surface area contributed by atoms with Crippen LogP contribution in [0.4, 0.5) is 0 Å². The second-order valence-corrected chi connectivity index (χ2v) is 5.98. The fourth-order valence-electron chi connectivity index (χ4n) is 2.77. The molecule has 7 heteroatoms. The largest absolute Gasteiger partial charge is 0.375 e. The monoisotopic (exact) mass is 341 g/mol. The quantitative estimate of drug-likeness (QED) is 0.828. The minimum Gasteiger partial charge on any atom is -0.375 e. The molecule has 2 aliphatic rings. The summed E-state index contributed by atoms with van der Waals surface area (Å²) in [4.78, 5) is 16.6. The maximum atomic E-state index is 12.2. The van der Waals surface area contributed by atoms with Gasteiger partial charge in [0.1, 0.15) is 0 Å². The lowest BCUT2D eigenvalue weighted by Crippen LogP contribution is -2.51. The molecule has 1 amide bonds. The number of halogens is 2. The van der Waals surface area contributed by atoms with Crippen LogP contribution in [0.3, 0.4) is 0 Å². The lowest BCUT2D eigenvalue weighted by Gasteiger charge is -2.36. The zero-order chi connectivity index (χ0) is 13.7. The molecule has 1 N–H and O–H groups in total. The third-order valence-electron chi connectivity index (χ3n) is 3.76. The highest BCUT2D eigenvalue weighted by atomic mass is 35.5. The summed E-state index contributed by atoms with van der Waals surface area (Å²) in [6, 6.07) is 0. The molecule has 2 fully saturated rings. The van der Waals surface area contributed by atoms with E-state index in [1.807, 2.05) is 4.90 Å². The van der Waals surface area contributed by atoms with Crippen molar-refractivity contribution in [1.82, 2.24) is 15.1 Å². The summed E-state index contributed by atoms with van der Waals surface area (Å²) in [7, 11) is 0. The number of rotatable bonds is 4. The molecule has 0 radical (unpaired) electrons. The van der Waals surface area contributed by atoms with Gasteiger partial charge < -0.3 is 15.0 Å². The SMILES string of the molecule is CC(C)CN1CCN(C(=O)CC2CNCCO2)CC1.Cl.Cl. The first-order valence-corrected chi connectivity index (χ1v) is 7.47. The molecular weight excluding hydrogens is 313 g/mol. The Kier molecular flexibility index (Phi) is 10.6. The van der Waals surface area contributed by atoms with Crippen LogP contribution in [0.2, 0.25) is 0 Å². The van der Waals surface area contributed by atoms with Gasteiger partial charge in [-0.05, 0) is 5.92 Å². The van der Waals surface area contributed by atoms with Crippen molar-refractivity contribution in [2.24, 2.45) is 5.92 Å². The van der Waals surface area contributed by atoms with E-state index in [1.165, 1.54) is 0 Å². The van der Waals surface area contributed by atoms with E-state index in [9.17, 15) is 4.79 Å². The molecule has 2 saturated heterocycles. The molecule has 5 nitrogen and oxygen atoms in total. The standard InChI is InChI=1S/C14H27N3O2.2ClH/c1-12(2)11-16-4-6-17(7-5-16)14(18)9-13-10-15-3-8-19-13;;/h12-13,15H,3-11H2,1-2H3;2*1H. The molecule has 0 bridgehead atoms. The molecule has 2 rings (SSSR count). The summed E-state index contributed by atoms with van der Waals surface area (Å²) in [6.07, 6.45) is 0.590.